The smallest absolute Gasteiger partial charge is 0.0702 e. The van der Waals surface area contributed by atoms with E-state index in [1.807, 2.05) is 0 Å². The van der Waals surface area contributed by atoms with Gasteiger partial charge in [-0.15, -0.1) is 0 Å². The Morgan fingerprint density at radius 2 is 2.06 bits per heavy atom. The Hall–Kier alpha value is -0.120. The van der Waals surface area contributed by atoms with Gasteiger partial charge < -0.3 is 15.4 Å². The van der Waals surface area contributed by atoms with Crippen LogP contribution in [0.4, 0.5) is 0 Å². The average molecular weight is 254 g/mol. The summed E-state index contributed by atoms with van der Waals surface area (Å²) in [5, 5.41) is 0. The molecule has 0 spiro atoms. The molecule has 3 unspecified atom stereocenters. The molecule has 106 valence electrons. The predicted octanol–water partition coefficient (Wildman–Crippen LogP) is 2.25. The van der Waals surface area contributed by atoms with E-state index in [1.54, 1.807) is 0 Å². The second-order valence-corrected chi connectivity index (χ2v) is 7.19. The summed E-state index contributed by atoms with van der Waals surface area (Å²) in [6.45, 7) is 7.92. The van der Waals surface area contributed by atoms with Crippen molar-refractivity contribution in [3.63, 3.8) is 0 Å². The van der Waals surface area contributed by atoms with E-state index >= 15 is 0 Å². The number of hydrogen-bond donors (Lipinski definition) is 1. The monoisotopic (exact) mass is 254 g/mol. The number of nitrogens with two attached hydrogens (primary N) is 1. The van der Waals surface area contributed by atoms with Crippen LogP contribution in [0.1, 0.15) is 46.0 Å². The molecule has 0 aromatic heterocycles. The third-order valence-corrected chi connectivity index (χ3v) is 4.66. The van der Waals surface area contributed by atoms with Crippen LogP contribution in [0.5, 0.6) is 0 Å². The van der Waals surface area contributed by atoms with Crippen LogP contribution in [0.2, 0.25) is 0 Å². The molecule has 1 aliphatic carbocycles. The minimum Gasteiger partial charge on any atom is -0.377 e. The van der Waals surface area contributed by atoms with Crippen molar-refractivity contribution in [1.82, 2.24) is 4.90 Å². The molecule has 0 amide bonds. The lowest BCUT2D eigenvalue weighted by Gasteiger charge is -2.41. The zero-order valence-corrected chi connectivity index (χ0v) is 12.3. The van der Waals surface area contributed by atoms with Crippen molar-refractivity contribution in [2.24, 2.45) is 17.1 Å². The quantitative estimate of drug-likeness (QED) is 0.836. The van der Waals surface area contributed by atoms with Gasteiger partial charge in [0.25, 0.3) is 0 Å². The van der Waals surface area contributed by atoms with Crippen LogP contribution in [0.15, 0.2) is 0 Å². The SMILES string of the molecule is CN(CC1CCCO1)CC1CC(C)(C)CCC1N. The van der Waals surface area contributed by atoms with Crippen molar-refractivity contribution < 1.29 is 4.74 Å². The lowest BCUT2D eigenvalue weighted by Crippen LogP contribution is -2.45. The fourth-order valence-corrected chi connectivity index (χ4v) is 3.57. The third-order valence-electron chi connectivity index (χ3n) is 4.66. The highest BCUT2D eigenvalue weighted by molar-refractivity contribution is 4.88. The first-order chi connectivity index (χ1) is 8.46. The van der Waals surface area contributed by atoms with E-state index in [0.29, 0.717) is 23.5 Å². The minimum absolute atomic E-state index is 0.393. The van der Waals surface area contributed by atoms with Gasteiger partial charge in [0.05, 0.1) is 6.10 Å². The Kier molecular flexibility index (Phi) is 4.68. The molecule has 2 N–H and O–H groups in total. The summed E-state index contributed by atoms with van der Waals surface area (Å²) >= 11 is 0. The molecule has 3 atom stereocenters. The van der Waals surface area contributed by atoms with Gasteiger partial charge in [0, 0.05) is 25.7 Å². The molecule has 1 heterocycles. The maximum absolute atomic E-state index is 6.30. The Balaban J connectivity index is 1.79. The van der Waals surface area contributed by atoms with Crippen molar-refractivity contribution in [2.45, 2.75) is 58.1 Å². The molecular weight excluding hydrogens is 224 g/mol. The zero-order chi connectivity index (χ0) is 13.2. The zero-order valence-electron chi connectivity index (χ0n) is 12.3. The van der Waals surface area contributed by atoms with Gasteiger partial charge in [-0.1, -0.05) is 13.8 Å². The highest BCUT2D eigenvalue weighted by Gasteiger charge is 2.33. The van der Waals surface area contributed by atoms with E-state index in [1.165, 1.54) is 32.1 Å². The van der Waals surface area contributed by atoms with Gasteiger partial charge in [-0.25, -0.2) is 0 Å². The third kappa shape index (κ3) is 3.94. The molecule has 2 rings (SSSR count). The Bertz CT molecular complexity index is 261. The first-order valence-corrected chi connectivity index (χ1v) is 7.52. The fourth-order valence-electron chi connectivity index (χ4n) is 3.57. The van der Waals surface area contributed by atoms with Crippen LogP contribution in [0.25, 0.3) is 0 Å². The van der Waals surface area contributed by atoms with Gasteiger partial charge in [0.2, 0.25) is 0 Å². The Labute approximate surface area is 112 Å². The van der Waals surface area contributed by atoms with E-state index in [-0.39, 0.29) is 0 Å². The number of ether oxygens (including phenoxy) is 1. The summed E-state index contributed by atoms with van der Waals surface area (Å²) in [6, 6.07) is 0.393. The molecule has 2 fully saturated rings. The summed E-state index contributed by atoms with van der Waals surface area (Å²) in [4.78, 5) is 2.43. The average Bonchev–Trinajstić information content (AvgIpc) is 2.76. The van der Waals surface area contributed by atoms with Crippen LogP contribution in [-0.4, -0.2) is 43.8 Å². The number of hydrogen-bond acceptors (Lipinski definition) is 3. The van der Waals surface area contributed by atoms with E-state index in [9.17, 15) is 0 Å². The summed E-state index contributed by atoms with van der Waals surface area (Å²) in [5.41, 5.74) is 6.78. The molecule has 3 heteroatoms. The topological polar surface area (TPSA) is 38.5 Å². The van der Waals surface area contributed by atoms with Gasteiger partial charge in [-0.3, -0.25) is 0 Å². The van der Waals surface area contributed by atoms with Crippen molar-refractivity contribution in [3.8, 4) is 0 Å². The van der Waals surface area contributed by atoms with Crippen LogP contribution in [0, 0.1) is 11.3 Å². The lowest BCUT2D eigenvalue weighted by molar-refractivity contribution is 0.0637. The molecule has 0 aromatic rings. The Morgan fingerprint density at radius 3 is 2.72 bits per heavy atom. The summed E-state index contributed by atoms with van der Waals surface area (Å²) in [5.74, 6) is 0.653. The van der Waals surface area contributed by atoms with Crippen LogP contribution < -0.4 is 5.73 Å². The maximum Gasteiger partial charge on any atom is 0.0702 e. The van der Waals surface area contributed by atoms with Gasteiger partial charge >= 0.3 is 0 Å². The van der Waals surface area contributed by atoms with Crippen molar-refractivity contribution in [1.29, 1.82) is 0 Å². The second-order valence-electron chi connectivity index (χ2n) is 7.19. The van der Waals surface area contributed by atoms with Crippen LogP contribution in [0.3, 0.4) is 0 Å². The molecule has 1 aliphatic heterocycles. The van der Waals surface area contributed by atoms with Gasteiger partial charge in [-0.2, -0.15) is 0 Å². The second kappa shape index (κ2) is 5.89. The molecule has 0 radical (unpaired) electrons. The van der Waals surface area contributed by atoms with Crippen molar-refractivity contribution >= 4 is 0 Å². The molecule has 1 saturated carbocycles. The van der Waals surface area contributed by atoms with Crippen molar-refractivity contribution in [3.05, 3.63) is 0 Å². The van der Waals surface area contributed by atoms with Crippen LogP contribution >= 0.6 is 0 Å². The standard InChI is InChI=1S/C15H30N2O/c1-15(2)7-6-14(16)12(9-15)10-17(3)11-13-5-4-8-18-13/h12-14H,4-11,16H2,1-3H3. The number of nitrogens with zero attached hydrogens (tertiary/aromatic N) is 1. The normalized spacial score (nSPS) is 36.2. The van der Waals surface area contributed by atoms with E-state index < -0.39 is 0 Å². The predicted molar refractivity (Wildman–Crippen MR) is 75.6 cm³/mol. The van der Waals surface area contributed by atoms with Gasteiger partial charge in [-0.05, 0) is 50.5 Å². The lowest BCUT2D eigenvalue weighted by atomic mass is 9.70. The molecule has 3 nitrogen and oxygen atoms in total. The van der Waals surface area contributed by atoms with Gasteiger partial charge in [0.15, 0.2) is 0 Å². The largest absolute Gasteiger partial charge is 0.377 e. The summed E-state index contributed by atoms with van der Waals surface area (Å²) in [7, 11) is 2.22. The highest BCUT2D eigenvalue weighted by Crippen LogP contribution is 2.38. The number of rotatable bonds is 4. The van der Waals surface area contributed by atoms with Crippen LogP contribution in [-0.2, 0) is 4.74 Å². The maximum atomic E-state index is 6.30. The first kappa shape index (κ1) is 14.3. The van der Waals surface area contributed by atoms with Crippen molar-refractivity contribution in [2.75, 3.05) is 26.7 Å². The fraction of sp³-hybridized carbons (Fsp3) is 1.00. The number of likely N-dealkylation sites (N-methyl/N-ethyl adjacent to an activating group) is 1. The summed E-state index contributed by atoms with van der Waals surface area (Å²) < 4.78 is 5.71. The highest BCUT2D eigenvalue weighted by atomic mass is 16.5. The molecule has 1 saturated heterocycles. The van der Waals surface area contributed by atoms with E-state index in [2.05, 4.69) is 25.8 Å². The first-order valence-electron chi connectivity index (χ1n) is 7.52. The van der Waals surface area contributed by atoms with Gasteiger partial charge in [0.1, 0.15) is 0 Å². The molecule has 18 heavy (non-hydrogen) atoms. The minimum atomic E-state index is 0.393. The van der Waals surface area contributed by atoms with E-state index in [4.69, 9.17) is 10.5 Å². The van der Waals surface area contributed by atoms with E-state index in [0.717, 1.165) is 19.7 Å². The molecule has 0 bridgehead atoms. The summed E-state index contributed by atoms with van der Waals surface area (Å²) in [6.07, 6.45) is 6.65. The molecule has 0 aromatic carbocycles. The molecule has 2 aliphatic rings. The Morgan fingerprint density at radius 1 is 1.28 bits per heavy atom. The molecular formula is C15H30N2O.